The number of thiophene rings is 1. The van der Waals surface area contributed by atoms with E-state index in [1.165, 1.54) is 4.88 Å². The first-order valence-corrected chi connectivity index (χ1v) is 8.18. The molecule has 0 fully saturated rings. The zero-order valence-electron chi connectivity index (χ0n) is 11.9. The first kappa shape index (κ1) is 14.9. The molecule has 108 valence electrons. The van der Waals surface area contributed by atoms with Gasteiger partial charge in [0.25, 0.3) is 0 Å². The minimum Gasteiger partial charge on any atom is -0.352 e. The molecule has 2 aromatic rings. The van der Waals surface area contributed by atoms with E-state index in [4.69, 9.17) is 0 Å². The quantitative estimate of drug-likeness (QED) is 0.658. The fraction of sp³-hybridized carbons (Fsp3) is 0.462. The Bertz CT molecular complexity index is 545. The molecule has 2 heterocycles. The highest BCUT2D eigenvalue weighted by atomic mass is 32.1. The van der Waals surface area contributed by atoms with Gasteiger partial charge in [0.1, 0.15) is 10.0 Å². The van der Waals surface area contributed by atoms with Crippen molar-refractivity contribution < 1.29 is 0 Å². The lowest BCUT2D eigenvalue weighted by Crippen LogP contribution is -2.36. The maximum atomic E-state index is 4.20. The van der Waals surface area contributed by atoms with E-state index in [-0.39, 0.29) is 0 Å². The normalized spacial score (nSPS) is 11.9. The third kappa shape index (κ3) is 4.28. The molecule has 0 atom stereocenters. The molecule has 0 aliphatic heterocycles. The zero-order valence-corrected chi connectivity index (χ0v) is 13.5. The van der Waals surface area contributed by atoms with E-state index in [0.29, 0.717) is 12.5 Å². The molecular formula is C13H19N5S2. The third-order valence-corrected chi connectivity index (χ3v) is 4.72. The summed E-state index contributed by atoms with van der Waals surface area (Å²) in [7, 11) is 1.77. The van der Waals surface area contributed by atoms with Crippen LogP contribution >= 0.6 is 22.7 Å². The Labute approximate surface area is 127 Å². The molecule has 7 heteroatoms. The minimum absolute atomic E-state index is 0.428. The molecular weight excluding hydrogens is 290 g/mol. The largest absolute Gasteiger partial charge is 0.352 e. The van der Waals surface area contributed by atoms with Gasteiger partial charge in [0.2, 0.25) is 0 Å². The van der Waals surface area contributed by atoms with Gasteiger partial charge < -0.3 is 10.6 Å². The van der Waals surface area contributed by atoms with E-state index in [1.54, 1.807) is 29.7 Å². The van der Waals surface area contributed by atoms with Gasteiger partial charge in [-0.05, 0) is 11.4 Å². The van der Waals surface area contributed by atoms with Crippen molar-refractivity contribution >= 4 is 28.6 Å². The van der Waals surface area contributed by atoms with Crippen LogP contribution in [0.15, 0.2) is 22.5 Å². The molecule has 0 radical (unpaired) electrons. The Balaban J connectivity index is 1.81. The Hall–Kier alpha value is -1.47. The van der Waals surface area contributed by atoms with Gasteiger partial charge in [-0.15, -0.1) is 21.5 Å². The topological polar surface area (TPSA) is 62.2 Å². The van der Waals surface area contributed by atoms with Crippen molar-refractivity contribution in [2.24, 2.45) is 4.99 Å². The molecule has 5 nitrogen and oxygen atoms in total. The second-order valence-electron chi connectivity index (χ2n) is 4.55. The summed E-state index contributed by atoms with van der Waals surface area (Å²) in [5.41, 5.74) is 0. The molecule has 0 unspecified atom stereocenters. The molecule has 0 amide bonds. The van der Waals surface area contributed by atoms with Crippen LogP contribution < -0.4 is 10.6 Å². The molecule has 20 heavy (non-hydrogen) atoms. The average molecular weight is 309 g/mol. The van der Waals surface area contributed by atoms with Crippen LogP contribution in [0.3, 0.4) is 0 Å². The van der Waals surface area contributed by atoms with Gasteiger partial charge in [-0.3, -0.25) is 4.99 Å². The van der Waals surface area contributed by atoms with Crippen molar-refractivity contribution in [2.75, 3.05) is 7.05 Å². The Morgan fingerprint density at radius 1 is 1.30 bits per heavy atom. The van der Waals surface area contributed by atoms with E-state index in [1.807, 2.05) is 6.07 Å². The van der Waals surface area contributed by atoms with Crippen molar-refractivity contribution in [3.8, 4) is 0 Å². The standard InChI is InChI=1S/C13H19N5S2/c1-9(2)12-18-17-11(20-12)8-16-13(14-3)15-7-10-5-4-6-19-10/h4-6,9H,7-8H2,1-3H3,(H2,14,15,16). The lowest BCUT2D eigenvalue weighted by Gasteiger charge is -2.09. The number of hydrogen-bond acceptors (Lipinski definition) is 5. The summed E-state index contributed by atoms with van der Waals surface area (Å²) in [6.45, 7) is 5.68. The van der Waals surface area contributed by atoms with Gasteiger partial charge in [-0.1, -0.05) is 31.3 Å². The number of aromatic nitrogens is 2. The summed E-state index contributed by atoms with van der Waals surface area (Å²) in [4.78, 5) is 5.48. The van der Waals surface area contributed by atoms with Crippen LogP contribution in [0.25, 0.3) is 0 Å². The van der Waals surface area contributed by atoms with E-state index in [9.17, 15) is 0 Å². The van der Waals surface area contributed by atoms with Gasteiger partial charge in [0.05, 0.1) is 13.1 Å². The predicted molar refractivity (Wildman–Crippen MR) is 85.4 cm³/mol. The molecule has 2 aromatic heterocycles. The lowest BCUT2D eigenvalue weighted by atomic mass is 10.2. The molecule has 0 spiro atoms. The van der Waals surface area contributed by atoms with Crippen LogP contribution in [-0.2, 0) is 13.1 Å². The monoisotopic (exact) mass is 309 g/mol. The Morgan fingerprint density at radius 2 is 2.10 bits per heavy atom. The number of aliphatic imine (C=N–C) groups is 1. The van der Waals surface area contributed by atoms with Crippen molar-refractivity contribution in [1.82, 2.24) is 20.8 Å². The van der Waals surface area contributed by atoms with Gasteiger partial charge in [-0.25, -0.2) is 0 Å². The van der Waals surface area contributed by atoms with E-state index < -0.39 is 0 Å². The molecule has 0 saturated heterocycles. The minimum atomic E-state index is 0.428. The van der Waals surface area contributed by atoms with Crippen molar-refractivity contribution in [3.05, 3.63) is 32.4 Å². The number of hydrogen-bond donors (Lipinski definition) is 2. The Kier molecular flexibility index (Phi) is 5.49. The van der Waals surface area contributed by atoms with Crippen molar-refractivity contribution in [3.63, 3.8) is 0 Å². The average Bonchev–Trinajstić information content (AvgIpc) is 3.10. The van der Waals surface area contributed by atoms with Crippen LogP contribution in [0.5, 0.6) is 0 Å². The molecule has 0 saturated carbocycles. The summed E-state index contributed by atoms with van der Waals surface area (Å²) in [6.07, 6.45) is 0. The first-order valence-electron chi connectivity index (χ1n) is 6.48. The van der Waals surface area contributed by atoms with E-state index in [2.05, 4.69) is 51.1 Å². The Morgan fingerprint density at radius 3 is 2.70 bits per heavy atom. The van der Waals surface area contributed by atoms with Crippen LogP contribution in [0, 0.1) is 0 Å². The number of nitrogens with one attached hydrogen (secondary N) is 2. The second-order valence-corrected chi connectivity index (χ2v) is 6.67. The molecule has 0 aliphatic carbocycles. The van der Waals surface area contributed by atoms with Gasteiger partial charge in [0, 0.05) is 17.8 Å². The highest BCUT2D eigenvalue weighted by Crippen LogP contribution is 2.18. The molecule has 0 aromatic carbocycles. The van der Waals surface area contributed by atoms with Gasteiger partial charge in [0.15, 0.2) is 5.96 Å². The maximum Gasteiger partial charge on any atom is 0.191 e. The summed E-state index contributed by atoms with van der Waals surface area (Å²) in [5.74, 6) is 1.21. The number of rotatable bonds is 5. The summed E-state index contributed by atoms with van der Waals surface area (Å²) < 4.78 is 0. The SMILES string of the molecule is CN=C(NCc1cccs1)NCc1nnc(C(C)C)s1. The zero-order chi connectivity index (χ0) is 14.4. The smallest absolute Gasteiger partial charge is 0.191 e. The maximum absolute atomic E-state index is 4.20. The molecule has 2 N–H and O–H groups in total. The van der Waals surface area contributed by atoms with Crippen molar-refractivity contribution in [1.29, 1.82) is 0 Å². The van der Waals surface area contributed by atoms with Crippen molar-refractivity contribution in [2.45, 2.75) is 32.9 Å². The fourth-order valence-electron chi connectivity index (χ4n) is 1.54. The predicted octanol–water partition coefficient (Wildman–Crippen LogP) is 2.59. The first-order chi connectivity index (χ1) is 9.69. The summed E-state index contributed by atoms with van der Waals surface area (Å²) >= 11 is 3.37. The second kappa shape index (κ2) is 7.35. The molecule has 2 rings (SSSR count). The highest BCUT2D eigenvalue weighted by molar-refractivity contribution is 7.11. The third-order valence-electron chi connectivity index (χ3n) is 2.62. The molecule has 0 aliphatic rings. The van der Waals surface area contributed by atoms with E-state index >= 15 is 0 Å². The molecule has 0 bridgehead atoms. The lowest BCUT2D eigenvalue weighted by molar-refractivity contribution is 0.786. The number of nitrogens with zero attached hydrogens (tertiary/aromatic N) is 3. The summed E-state index contributed by atoms with van der Waals surface area (Å²) in [5, 5.41) is 19.0. The van der Waals surface area contributed by atoms with E-state index in [0.717, 1.165) is 22.5 Å². The van der Waals surface area contributed by atoms with Gasteiger partial charge >= 0.3 is 0 Å². The number of guanidine groups is 1. The summed E-state index contributed by atoms with van der Waals surface area (Å²) in [6, 6.07) is 4.15. The van der Waals surface area contributed by atoms with Crippen LogP contribution in [0.2, 0.25) is 0 Å². The van der Waals surface area contributed by atoms with Crippen LogP contribution in [0.1, 0.15) is 34.7 Å². The van der Waals surface area contributed by atoms with Crippen LogP contribution in [-0.4, -0.2) is 23.2 Å². The van der Waals surface area contributed by atoms with Crippen LogP contribution in [0.4, 0.5) is 0 Å². The fourth-order valence-corrected chi connectivity index (χ4v) is 2.96. The van der Waals surface area contributed by atoms with Gasteiger partial charge in [-0.2, -0.15) is 0 Å². The highest BCUT2D eigenvalue weighted by Gasteiger charge is 2.08.